The van der Waals surface area contributed by atoms with E-state index in [0.29, 0.717) is 30.1 Å². The summed E-state index contributed by atoms with van der Waals surface area (Å²) in [6.45, 7) is 6.56. The minimum Gasteiger partial charge on any atom is -0.481 e. The van der Waals surface area contributed by atoms with Crippen molar-refractivity contribution in [2.45, 2.75) is 71.1 Å². The third-order valence-electron chi connectivity index (χ3n) is 6.50. The second kappa shape index (κ2) is 14.7. The van der Waals surface area contributed by atoms with E-state index >= 15 is 0 Å². The number of hydrogen-bond acceptors (Lipinski definition) is 6. The third kappa shape index (κ3) is 8.45. The van der Waals surface area contributed by atoms with Gasteiger partial charge in [0.15, 0.2) is 5.69 Å². The van der Waals surface area contributed by atoms with Crippen LogP contribution in [-0.2, 0) is 22.5 Å². The molecule has 0 saturated carbocycles. The lowest BCUT2D eigenvalue weighted by atomic mass is 9.95. The second-order valence-electron chi connectivity index (χ2n) is 10.0. The molecule has 2 aromatic carbocycles. The topological polar surface area (TPSA) is 125 Å². The van der Waals surface area contributed by atoms with Gasteiger partial charge in [0.1, 0.15) is 12.5 Å². The van der Waals surface area contributed by atoms with Gasteiger partial charge in [-0.2, -0.15) is 5.10 Å². The third-order valence-corrected chi connectivity index (χ3v) is 6.50. The highest BCUT2D eigenvalue weighted by Crippen LogP contribution is 2.29. The lowest BCUT2D eigenvalue weighted by Crippen LogP contribution is -2.34. The Labute approximate surface area is 233 Å². The SMILES string of the molecule is CCOCN(Cc1ccccc1)C(=O)c1nn(-c2ccc(F)cc2)c(CCC(O)CC(O)CC(=O)O)c1C(C)C. The normalized spacial score (nSPS) is 12.9. The van der Waals surface area contributed by atoms with Crippen LogP contribution in [0, 0.1) is 5.82 Å². The zero-order chi connectivity index (χ0) is 29.2. The van der Waals surface area contributed by atoms with Crippen molar-refractivity contribution >= 4 is 11.9 Å². The van der Waals surface area contributed by atoms with Gasteiger partial charge < -0.3 is 25.0 Å². The zero-order valence-electron chi connectivity index (χ0n) is 23.2. The molecular formula is C30H38FN3O6. The molecule has 0 saturated heterocycles. The molecule has 10 heteroatoms. The molecule has 1 heterocycles. The lowest BCUT2D eigenvalue weighted by molar-refractivity contribution is -0.139. The molecule has 3 aromatic rings. The van der Waals surface area contributed by atoms with Crippen LogP contribution in [0.2, 0.25) is 0 Å². The highest BCUT2D eigenvalue weighted by molar-refractivity contribution is 5.94. The van der Waals surface area contributed by atoms with E-state index in [1.807, 2.05) is 51.1 Å². The first-order valence-corrected chi connectivity index (χ1v) is 13.5. The minimum absolute atomic E-state index is 0.0701. The Kier molecular flexibility index (Phi) is 11.4. The number of carboxylic acids is 1. The molecule has 0 radical (unpaired) electrons. The predicted molar refractivity (Wildman–Crippen MR) is 148 cm³/mol. The molecule has 0 aliphatic heterocycles. The molecule has 3 N–H and O–H groups in total. The van der Waals surface area contributed by atoms with Gasteiger partial charge in [-0.05, 0) is 61.9 Å². The van der Waals surface area contributed by atoms with Gasteiger partial charge in [-0.25, -0.2) is 9.07 Å². The molecule has 2 atom stereocenters. The van der Waals surface area contributed by atoms with Crippen LogP contribution < -0.4 is 0 Å². The number of carbonyl (C=O) groups excluding carboxylic acids is 1. The summed E-state index contributed by atoms with van der Waals surface area (Å²) in [6.07, 6.45) is -2.23. The first-order chi connectivity index (χ1) is 19.1. The molecule has 0 fully saturated rings. The highest BCUT2D eigenvalue weighted by Gasteiger charge is 2.29. The minimum atomic E-state index is -1.18. The number of rotatable bonds is 15. The van der Waals surface area contributed by atoms with Gasteiger partial charge in [0, 0.05) is 24.4 Å². The first kappa shape index (κ1) is 30.9. The number of aliphatic hydroxyl groups is 2. The maximum atomic E-state index is 14.0. The van der Waals surface area contributed by atoms with Crippen molar-refractivity contribution in [1.29, 1.82) is 0 Å². The second-order valence-corrected chi connectivity index (χ2v) is 10.0. The summed E-state index contributed by atoms with van der Waals surface area (Å²) in [6, 6.07) is 15.3. The van der Waals surface area contributed by atoms with Crippen molar-refractivity contribution < 1.29 is 34.0 Å². The molecule has 1 aromatic heterocycles. The van der Waals surface area contributed by atoms with E-state index in [9.17, 15) is 24.2 Å². The number of aliphatic hydroxyl groups excluding tert-OH is 2. The summed E-state index contributed by atoms with van der Waals surface area (Å²) in [5.41, 5.74) is 3.10. The number of carbonyl (C=O) groups is 2. The average molecular weight is 556 g/mol. The molecule has 9 nitrogen and oxygen atoms in total. The fraction of sp³-hybridized carbons (Fsp3) is 0.433. The fourth-order valence-electron chi connectivity index (χ4n) is 4.62. The average Bonchev–Trinajstić information content (AvgIpc) is 3.29. The summed E-state index contributed by atoms with van der Waals surface area (Å²) < 4.78 is 21.0. The van der Waals surface area contributed by atoms with E-state index in [4.69, 9.17) is 14.9 Å². The van der Waals surface area contributed by atoms with Crippen molar-refractivity contribution in [3.8, 4) is 5.69 Å². The summed E-state index contributed by atoms with van der Waals surface area (Å²) in [5, 5.41) is 34.2. The van der Waals surface area contributed by atoms with E-state index in [0.717, 1.165) is 5.56 Å². The van der Waals surface area contributed by atoms with Crippen molar-refractivity contribution in [1.82, 2.24) is 14.7 Å². The molecule has 1 amide bonds. The Morgan fingerprint density at radius 1 is 1.05 bits per heavy atom. The summed E-state index contributed by atoms with van der Waals surface area (Å²) >= 11 is 0. The van der Waals surface area contributed by atoms with E-state index in [-0.39, 0.29) is 43.5 Å². The molecule has 216 valence electrons. The highest BCUT2D eigenvalue weighted by atomic mass is 19.1. The standard InChI is InChI=1S/C30H38FN3O6/c1-4-40-19-33(18-21-8-6-5-7-9-21)30(39)29-28(20(2)3)26(15-14-24(35)16-25(36)17-27(37)38)34(32-29)23-12-10-22(31)11-13-23/h5-13,20,24-25,35-36H,4,14-19H2,1-3H3,(H,37,38). The quantitative estimate of drug-likeness (QED) is 0.239. The smallest absolute Gasteiger partial charge is 0.305 e. The predicted octanol–water partition coefficient (Wildman–Crippen LogP) is 4.29. The van der Waals surface area contributed by atoms with Crippen LogP contribution >= 0.6 is 0 Å². The summed E-state index contributed by atoms with van der Waals surface area (Å²) in [7, 11) is 0. The van der Waals surface area contributed by atoms with Crippen LogP contribution in [0.15, 0.2) is 54.6 Å². The van der Waals surface area contributed by atoms with Crippen LogP contribution in [-0.4, -0.2) is 67.4 Å². The summed E-state index contributed by atoms with van der Waals surface area (Å²) in [4.78, 5) is 26.5. The van der Waals surface area contributed by atoms with Crippen LogP contribution in [0.5, 0.6) is 0 Å². The first-order valence-electron chi connectivity index (χ1n) is 13.5. The molecule has 3 rings (SSSR count). The molecule has 0 aliphatic rings. The van der Waals surface area contributed by atoms with Gasteiger partial charge in [-0.15, -0.1) is 0 Å². The summed E-state index contributed by atoms with van der Waals surface area (Å²) in [5.74, 6) is -2.00. The number of nitrogens with zero attached hydrogens (tertiary/aromatic N) is 3. The number of aliphatic carboxylic acids is 1. The van der Waals surface area contributed by atoms with Gasteiger partial charge in [-0.1, -0.05) is 44.2 Å². The van der Waals surface area contributed by atoms with Crippen molar-refractivity contribution in [3.63, 3.8) is 0 Å². The number of carboxylic acid groups (broad SMARTS) is 1. The van der Waals surface area contributed by atoms with Gasteiger partial charge in [0.25, 0.3) is 5.91 Å². The number of hydrogen-bond donors (Lipinski definition) is 3. The maximum absolute atomic E-state index is 14.0. The van der Waals surface area contributed by atoms with Gasteiger partial charge >= 0.3 is 5.97 Å². The number of ether oxygens (including phenoxy) is 1. The van der Waals surface area contributed by atoms with Crippen LogP contribution in [0.1, 0.15) is 73.3 Å². The van der Waals surface area contributed by atoms with E-state index in [2.05, 4.69) is 0 Å². The zero-order valence-corrected chi connectivity index (χ0v) is 23.2. The number of halogens is 1. The van der Waals surface area contributed by atoms with Gasteiger partial charge in [0.2, 0.25) is 0 Å². The number of aromatic nitrogens is 2. The van der Waals surface area contributed by atoms with Gasteiger partial charge in [0.05, 0.1) is 24.3 Å². The monoisotopic (exact) mass is 555 g/mol. The van der Waals surface area contributed by atoms with E-state index in [1.165, 1.54) is 12.1 Å². The van der Waals surface area contributed by atoms with Crippen molar-refractivity contribution in [2.75, 3.05) is 13.3 Å². The molecule has 40 heavy (non-hydrogen) atoms. The Hall–Kier alpha value is -3.60. The number of benzene rings is 2. The van der Waals surface area contributed by atoms with Crippen molar-refractivity contribution in [3.05, 3.63) is 82.9 Å². The molecule has 0 spiro atoms. The Morgan fingerprint density at radius 2 is 1.73 bits per heavy atom. The van der Waals surface area contributed by atoms with Crippen LogP contribution in [0.4, 0.5) is 4.39 Å². The Morgan fingerprint density at radius 3 is 2.33 bits per heavy atom. The Bertz CT molecular complexity index is 1250. The Balaban J connectivity index is 2.01. The van der Waals surface area contributed by atoms with Gasteiger partial charge in [-0.3, -0.25) is 9.59 Å². The largest absolute Gasteiger partial charge is 0.481 e. The fourth-order valence-corrected chi connectivity index (χ4v) is 4.62. The van der Waals surface area contributed by atoms with Crippen LogP contribution in [0.25, 0.3) is 5.69 Å². The lowest BCUT2D eigenvalue weighted by Gasteiger charge is -2.22. The van der Waals surface area contributed by atoms with E-state index in [1.54, 1.807) is 21.7 Å². The molecule has 2 unspecified atom stereocenters. The molecule has 0 bridgehead atoms. The maximum Gasteiger partial charge on any atom is 0.305 e. The molecule has 0 aliphatic carbocycles. The van der Waals surface area contributed by atoms with Crippen LogP contribution in [0.3, 0.4) is 0 Å². The molecular weight excluding hydrogens is 517 g/mol. The van der Waals surface area contributed by atoms with E-state index < -0.39 is 30.4 Å². The number of amides is 1. The van der Waals surface area contributed by atoms with Crippen molar-refractivity contribution in [2.24, 2.45) is 0 Å².